The first-order valence-corrected chi connectivity index (χ1v) is 9.85. The highest BCUT2D eigenvalue weighted by atomic mass is 35.5. The van der Waals surface area contributed by atoms with Gasteiger partial charge in [0.1, 0.15) is 11.7 Å². The van der Waals surface area contributed by atoms with Crippen molar-refractivity contribution in [3.63, 3.8) is 0 Å². The predicted molar refractivity (Wildman–Crippen MR) is 106 cm³/mol. The van der Waals surface area contributed by atoms with E-state index in [1.165, 1.54) is 18.6 Å². The van der Waals surface area contributed by atoms with E-state index in [0.717, 1.165) is 11.1 Å². The lowest BCUT2D eigenvalue weighted by molar-refractivity contribution is -0.142. The molecule has 0 aromatic carbocycles. The second kappa shape index (κ2) is 8.92. The Morgan fingerprint density at radius 2 is 2.00 bits per heavy atom. The summed E-state index contributed by atoms with van der Waals surface area (Å²) >= 11 is 6.12. The van der Waals surface area contributed by atoms with Gasteiger partial charge in [-0.1, -0.05) is 23.4 Å². The molecule has 0 bridgehead atoms. The third-order valence-electron chi connectivity index (χ3n) is 5.45. The fourth-order valence-corrected chi connectivity index (χ4v) is 4.23. The molecule has 1 unspecified atom stereocenters. The van der Waals surface area contributed by atoms with Crippen molar-refractivity contribution in [2.24, 2.45) is 11.5 Å². The molecule has 4 N–H and O–H groups in total. The van der Waals surface area contributed by atoms with Gasteiger partial charge in [0.2, 0.25) is 0 Å². The molecule has 0 radical (unpaired) electrons. The first kappa shape index (κ1) is 22.5. The lowest BCUT2D eigenvalue weighted by Crippen LogP contribution is -2.53. The quantitative estimate of drug-likeness (QED) is 0.431. The molecule has 2 aromatic rings. The van der Waals surface area contributed by atoms with Crippen LogP contribution in [0.4, 0.5) is 17.6 Å². The second-order valence-electron chi connectivity index (χ2n) is 7.59. The molecule has 10 heteroatoms. The number of hydrogen-bond acceptors (Lipinski definition) is 4. The molecule has 0 spiro atoms. The summed E-state index contributed by atoms with van der Waals surface area (Å²) in [7, 11) is 0. The maximum Gasteiger partial charge on any atom is 0.408 e. The van der Waals surface area contributed by atoms with E-state index in [0.29, 0.717) is 29.5 Å². The summed E-state index contributed by atoms with van der Waals surface area (Å²) in [5.74, 6) is 5.73. The van der Waals surface area contributed by atoms with Gasteiger partial charge in [0.25, 0.3) is 0 Å². The number of aromatic nitrogens is 3. The minimum Gasteiger partial charge on any atom is -0.328 e. The van der Waals surface area contributed by atoms with Gasteiger partial charge >= 0.3 is 6.18 Å². The van der Waals surface area contributed by atoms with E-state index in [2.05, 4.69) is 21.9 Å². The Kier molecular flexibility index (Phi) is 6.70. The molecule has 0 saturated heterocycles. The number of nitrogens with zero attached hydrogens (tertiary/aromatic N) is 3. The molecule has 1 aliphatic carbocycles. The molecule has 1 fully saturated rings. The second-order valence-corrected chi connectivity index (χ2v) is 7.97. The topological polar surface area (TPSA) is 82.8 Å². The summed E-state index contributed by atoms with van der Waals surface area (Å²) in [4.78, 5) is 4.06. The van der Waals surface area contributed by atoms with Crippen LogP contribution in [0.15, 0.2) is 24.7 Å². The third-order valence-corrected chi connectivity index (χ3v) is 5.66. The maximum absolute atomic E-state index is 13.5. The first-order chi connectivity index (χ1) is 14.1. The van der Waals surface area contributed by atoms with Gasteiger partial charge in [-0.05, 0) is 37.3 Å². The van der Waals surface area contributed by atoms with Crippen molar-refractivity contribution < 1.29 is 17.6 Å². The van der Waals surface area contributed by atoms with Crippen molar-refractivity contribution >= 4 is 11.6 Å². The molecular formula is C20H22ClF4N5. The van der Waals surface area contributed by atoms with Crippen molar-refractivity contribution in [1.29, 1.82) is 0 Å². The zero-order valence-corrected chi connectivity index (χ0v) is 16.8. The SMILES string of the molecule is N[C@H]1CC[C@H](N)C(CCF)(c2cc(Cl)ncc2C#Cc2cnn(CC(F)(F)F)c2)C1. The van der Waals surface area contributed by atoms with Crippen molar-refractivity contribution in [3.8, 4) is 11.8 Å². The Labute approximate surface area is 176 Å². The molecule has 2 aromatic heterocycles. The van der Waals surface area contributed by atoms with Gasteiger partial charge in [-0.15, -0.1) is 0 Å². The van der Waals surface area contributed by atoms with Gasteiger partial charge in [-0.3, -0.25) is 9.07 Å². The Hall–Kier alpha value is -2.15. The average Bonchev–Trinajstić information content (AvgIpc) is 3.09. The minimum absolute atomic E-state index is 0.135. The third kappa shape index (κ3) is 5.12. The summed E-state index contributed by atoms with van der Waals surface area (Å²) in [6.07, 6.45) is 1.59. The largest absolute Gasteiger partial charge is 0.408 e. The van der Waals surface area contributed by atoms with E-state index in [9.17, 15) is 17.6 Å². The standard InChI is InChI=1S/C20H22ClF4N5/c21-18-7-16(19(5-6-22)8-15(26)3-4-17(19)27)14(10-28-18)2-1-13-9-29-30(11-13)12-20(23,24)25/h7,9-11,15,17H,3-6,8,12,26-27H2/t15-,17-,19?/m0/s1. The first-order valence-electron chi connectivity index (χ1n) is 9.47. The smallest absolute Gasteiger partial charge is 0.328 e. The van der Waals surface area contributed by atoms with Crippen molar-refractivity contribution in [2.45, 2.75) is 55.9 Å². The van der Waals surface area contributed by atoms with E-state index >= 15 is 0 Å². The normalized spacial score (nSPS) is 24.4. The zero-order chi connectivity index (χ0) is 21.9. The summed E-state index contributed by atoms with van der Waals surface area (Å²) in [5.41, 5.74) is 13.3. The molecule has 30 heavy (non-hydrogen) atoms. The molecule has 3 atom stereocenters. The van der Waals surface area contributed by atoms with E-state index in [1.807, 2.05) is 0 Å². The van der Waals surface area contributed by atoms with Gasteiger partial charge in [0.15, 0.2) is 0 Å². The van der Waals surface area contributed by atoms with Crippen LogP contribution < -0.4 is 11.5 Å². The van der Waals surface area contributed by atoms with Crippen molar-refractivity contribution in [2.75, 3.05) is 6.67 Å². The fourth-order valence-electron chi connectivity index (χ4n) is 4.07. The van der Waals surface area contributed by atoms with Crippen LogP contribution in [0.5, 0.6) is 0 Å². The highest BCUT2D eigenvalue weighted by Crippen LogP contribution is 2.43. The highest BCUT2D eigenvalue weighted by Gasteiger charge is 2.44. The average molecular weight is 444 g/mol. The van der Waals surface area contributed by atoms with Crippen LogP contribution >= 0.6 is 11.6 Å². The number of rotatable bonds is 4. The molecule has 2 heterocycles. The van der Waals surface area contributed by atoms with E-state index in [-0.39, 0.29) is 23.7 Å². The summed E-state index contributed by atoms with van der Waals surface area (Å²) in [6, 6.07) is 1.16. The lowest BCUT2D eigenvalue weighted by Gasteiger charge is -2.45. The number of hydrogen-bond donors (Lipinski definition) is 2. The maximum atomic E-state index is 13.5. The van der Waals surface area contributed by atoms with Gasteiger partial charge < -0.3 is 11.5 Å². The summed E-state index contributed by atoms with van der Waals surface area (Å²) in [5, 5.41) is 3.90. The molecule has 0 amide bonds. The zero-order valence-electron chi connectivity index (χ0n) is 16.1. The molecule has 162 valence electrons. The lowest BCUT2D eigenvalue weighted by atomic mass is 9.62. The van der Waals surface area contributed by atoms with Gasteiger partial charge in [-0.25, -0.2) is 4.98 Å². The molecule has 5 nitrogen and oxygen atoms in total. The molecule has 1 saturated carbocycles. The number of halogens is 5. The number of nitrogens with two attached hydrogens (primary N) is 2. The highest BCUT2D eigenvalue weighted by molar-refractivity contribution is 6.29. The van der Waals surface area contributed by atoms with Crippen LogP contribution in [-0.4, -0.2) is 39.7 Å². The predicted octanol–water partition coefficient (Wildman–Crippen LogP) is 3.33. The molecule has 3 rings (SSSR count). The van der Waals surface area contributed by atoms with Crippen LogP contribution in [0.3, 0.4) is 0 Å². The number of pyridine rings is 1. The Balaban J connectivity index is 2.00. The van der Waals surface area contributed by atoms with Gasteiger partial charge in [0, 0.05) is 35.5 Å². The van der Waals surface area contributed by atoms with Gasteiger partial charge in [0.05, 0.1) is 18.4 Å². The molecule has 0 aliphatic heterocycles. The van der Waals surface area contributed by atoms with Crippen LogP contribution in [0.1, 0.15) is 42.4 Å². The Morgan fingerprint density at radius 3 is 2.70 bits per heavy atom. The van der Waals surface area contributed by atoms with E-state index in [1.54, 1.807) is 6.07 Å². The summed E-state index contributed by atoms with van der Waals surface area (Å²) in [6.45, 7) is -1.79. The van der Waals surface area contributed by atoms with E-state index < -0.39 is 24.8 Å². The minimum atomic E-state index is -4.38. The Bertz CT molecular complexity index is 949. The Morgan fingerprint density at radius 1 is 1.23 bits per heavy atom. The number of alkyl halides is 4. The van der Waals surface area contributed by atoms with E-state index in [4.69, 9.17) is 23.1 Å². The summed E-state index contributed by atoms with van der Waals surface area (Å²) < 4.78 is 51.8. The van der Waals surface area contributed by atoms with Crippen LogP contribution in [-0.2, 0) is 12.0 Å². The van der Waals surface area contributed by atoms with Crippen molar-refractivity contribution in [1.82, 2.24) is 14.8 Å². The van der Waals surface area contributed by atoms with Gasteiger partial charge in [-0.2, -0.15) is 18.3 Å². The van der Waals surface area contributed by atoms with Crippen molar-refractivity contribution in [3.05, 3.63) is 46.5 Å². The van der Waals surface area contributed by atoms with Crippen LogP contribution in [0.2, 0.25) is 5.15 Å². The molecular weight excluding hydrogens is 422 g/mol. The fraction of sp³-hybridized carbons (Fsp3) is 0.500. The van der Waals surface area contributed by atoms with Crippen LogP contribution in [0, 0.1) is 11.8 Å². The molecule has 1 aliphatic rings. The monoisotopic (exact) mass is 443 g/mol. The van der Waals surface area contributed by atoms with Crippen LogP contribution in [0.25, 0.3) is 0 Å².